The van der Waals surface area contributed by atoms with Crippen LogP contribution in [0.1, 0.15) is 46.0 Å². The summed E-state index contributed by atoms with van der Waals surface area (Å²) < 4.78 is 0. The Labute approximate surface area is 89.1 Å². The first-order valence-electron chi connectivity index (χ1n) is 6.33. The summed E-state index contributed by atoms with van der Waals surface area (Å²) in [4.78, 5) is 2.69. The van der Waals surface area contributed by atoms with E-state index >= 15 is 0 Å². The molecule has 1 unspecified atom stereocenters. The summed E-state index contributed by atoms with van der Waals surface area (Å²) >= 11 is 0. The predicted molar refractivity (Wildman–Crippen MR) is 62.7 cm³/mol. The van der Waals surface area contributed by atoms with Gasteiger partial charge in [0.05, 0.1) is 0 Å². The van der Waals surface area contributed by atoms with Crippen LogP contribution < -0.4 is 5.32 Å². The smallest absolute Gasteiger partial charge is 0.0220 e. The molecule has 0 bridgehead atoms. The van der Waals surface area contributed by atoms with Crippen molar-refractivity contribution in [2.24, 2.45) is 0 Å². The van der Waals surface area contributed by atoms with E-state index in [-0.39, 0.29) is 0 Å². The van der Waals surface area contributed by atoms with Crippen molar-refractivity contribution in [3.8, 4) is 0 Å². The minimum atomic E-state index is 0.792. The number of likely N-dealkylation sites (N-methyl/N-ethyl adjacent to an activating group) is 1. The van der Waals surface area contributed by atoms with Crippen molar-refractivity contribution >= 4 is 0 Å². The van der Waals surface area contributed by atoms with Gasteiger partial charge in [-0.3, -0.25) is 4.90 Å². The van der Waals surface area contributed by atoms with Crippen LogP contribution >= 0.6 is 0 Å². The first kappa shape index (κ1) is 12.0. The standard InChI is InChI=1S/C12H26N2/c1-3-8-12(11-13-4-2)14-9-6-5-7-10-14/h12-13H,3-11H2,1-2H3. The highest BCUT2D eigenvalue weighted by atomic mass is 15.2. The molecule has 0 saturated carbocycles. The number of likely N-dealkylation sites (tertiary alicyclic amines) is 1. The van der Waals surface area contributed by atoms with Gasteiger partial charge in [0, 0.05) is 12.6 Å². The van der Waals surface area contributed by atoms with Crippen LogP contribution in [-0.2, 0) is 0 Å². The molecule has 1 saturated heterocycles. The first-order valence-corrected chi connectivity index (χ1v) is 6.33. The first-order chi connectivity index (χ1) is 6.88. The molecule has 0 aromatic heterocycles. The molecule has 0 radical (unpaired) electrons. The Bertz CT molecular complexity index is 130. The molecule has 2 nitrogen and oxygen atoms in total. The van der Waals surface area contributed by atoms with Crippen LogP contribution in [0.4, 0.5) is 0 Å². The van der Waals surface area contributed by atoms with Crippen molar-refractivity contribution in [3.05, 3.63) is 0 Å². The number of nitrogens with one attached hydrogen (secondary N) is 1. The maximum absolute atomic E-state index is 3.49. The largest absolute Gasteiger partial charge is 0.315 e. The van der Waals surface area contributed by atoms with E-state index in [0.29, 0.717) is 0 Å². The number of hydrogen-bond acceptors (Lipinski definition) is 2. The lowest BCUT2D eigenvalue weighted by molar-refractivity contribution is 0.152. The summed E-state index contributed by atoms with van der Waals surface area (Å²) in [5, 5.41) is 3.49. The molecule has 1 heterocycles. The fraction of sp³-hybridized carbons (Fsp3) is 1.00. The van der Waals surface area contributed by atoms with Gasteiger partial charge in [-0.2, -0.15) is 0 Å². The molecule has 1 aliphatic heterocycles. The van der Waals surface area contributed by atoms with Gasteiger partial charge in [-0.25, -0.2) is 0 Å². The molecule has 14 heavy (non-hydrogen) atoms. The SMILES string of the molecule is CCCC(CNCC)N1CCCCC1. The molecule has 1 rings (SSSR count). The second-order valence-electron chi connectivity index (χ2n) is 4.35. The Balaban J connectivity index is 2.30. The quantitative estimate of drug-likeness (QED) is 0.704. The van der Waals surface area contributed by atoms with Gasteiger partial charge >= 0.3 is 0 Å². The molecule has 1 atom stereocenters. The van der Waals surface area contributed by atoms with Crippen molar-refractivity contribution in [2.45, 2.75) is 52.0 Å². The zero-order valence-electron chi connectivity index (χ0n) is 9.89. The molecule has 84 valence electrons. The van der Waals surface area contributed by atoms with Crippen LogP contribution in [0.5, 0.6) is 0 Å². The average molecular weight is 198 g/mol. The van der Waals surface area contributed by atoms with E-state index in [0.717, 1.165) is 12.6 Å². The zero-order chi connectivity index (χ0) is 10.2. The molecule has 1 fully saturated rings. The predicted octanol–water partition coefficient (Wildman–Crippen LogP) is 2.25. The van der Waals surface area contributed by atoms with Gasteiger partial charge in [-0.05, 0) is 38.9 Å². The third-order valence-corrected chi connectivity index (χ3v) is 3.16. The lowest BCUT2D eigenvalue weighted by Crippen LogP contribution is -2.44. The normalized spacial score (nSPS) is 21.0. The van der Waals surface area contributed by atoms with Crippen molar-refractivity contribution in [1.29, 1.82) is 0 Å². The molecule has 0 aromatic carbocycles. The summed E-state index contributed by atoms with van der Waals surface area (Å²) in [6.45, 7) is 9.44. The van der Waals surface area contributed by atoms with Gasteiger partial charge in [0.2, 0.25) is 0 Å². The lowest BCUT2D eigenvalue weighted by atomic mass is 10.0. The summed E-state index contributed by atoms with van der Waals surface area (Å²) in [6.07, 6.45) is 6.93. The fourth-order valence-corrected chi connectivity index (χ4v) is 2.34. The van der Waals surface area contributed by atoms with E-state index in [1.165, 1.54) is 51.7 Å². The summed E-state index contributed by atoms with van der Waals surface area (Å²) in [7, 11) is 0. The second kappa shape index (κ2) is 7.24. The maximum atomic E-state index is 3.49. The molecule has 2 heteroatoms. The fourth-order valence-electron chi connectivity index (χ4n) is 2.34. The van der Waals surface area contributed by atoms with Crippen LogP contribution in [0.15, 0.2) is 0 Å². The van der Waals surface area contributed by atoms with Gasteiger partial charge in [0.1, 0.15) is 0 Å². The van der Waals surface area contributed by atoms with Crippen molar-refractivity contribution in [1.82, 2.24) is 10.2 Å². The molecule has 0 spiro atoms. The van der Waals surface area contributed by atoms with Gasteiger partial charge in [-0.15, -0.1) is 0 Å². The van der Waals surface area contributed by atoms with E-state index in [1.54, 1.807) is 0 Å². The summed E-state index contributed by atoms with van der Waals surface area (Å²) in [6, 6.07) is 0.792. The van der Waals surface area contributed by atoms with E-state index in [9.17, 15) is 0 Å². The Hall–Kier alpha value is -0.0800. The van der Waals surface area contributed by atoms with Gasteiger partial charge in [-0.1, -0.05) is 26.7 Å². The highest BCUT2D eigenvalue weighted by Gasteiger charge is 2.18. The van der Waals surface area contributed by atoms with Crippen LogP contribution in [0.3, 0.4) is 0 Å². The Morgan fingerprint density at radius 1 is 1.14 bits per heavy atom. The van der Waals surface area contributed by atoms with E-state index in [1.807, 2.05) is 0 Å². The monoisotopic (exact) mass is 198 g/mol. The summed E-state index contributed by atoms with van der Waals surface area (Å²) in [5.41, 5.74) is 0. The number of hydrogen-bond donors (Lipinski definition) is 1. The maximum Gasteiger partial charge on any atom is 0.0220 e. The third-order valence-electron chi connectivity index (χ3n) is 3.16. The van der Waals surface area contributed by atoms with E-state index in [4.69, 9.17) is 0 Å². The van der Waals surface area contributed by atoms with Crippen LogP contribution in [0.25, 0.3) is 0 Å². The zero-order valence-corrected chi connectivity index (χ0v) is 9.89. The van der Waals surface area contributed by atoms with Crippen molar-refractivity contribution in [2.75, 3.05) is 26.2 Å². The Morgan fingerprint density at radius 3 is 2.43 bits per heavy atom. The number of nitrogens with zero attached hydrogens (tertiary/aromatic N) is 1. The van der Waals surface area contributed by atoms with Gasteiger partial charge in [0.15, 0.2) is 0 Å². The summed E-state index contributed by atoms with van der Waals surface area (Å²) in [5.74, 6) is 0. The van der Waals surface area contributed by atoms with Crippen molar-refractivity contribution < 1.29 is 0 Å². The Morgan fingerprint density at radius 2 is 1.86 bits per heavy atom. The molecule has 1 aliphatic rings. The molecule has 0 amide bonds. The van der Waals surface area contributed by atoms with E-state index in [2.05, 4.69) is 24.1 Å². The highest BCUT2D eigenvalue weighted by molar-refractivity contribution is 4.76. The molecular formula is C12H26N2. The average Bonchev–Trinajstić information content (AvgIpc) is 2.25. The lowest BCUT2D eigenvalue weighted by Gasteiger charge is -2.34. The van der Waals surface area contributed by atoms with Crippen LogP contribution in [-0.4, -0.2) is 37.1 Å². The van der Waals surface area contributed by atoms with Crippen LogP contribution in [0.2, 0.25) is 0 Å². The highest BCUT2D eigenvalue weighted by Crippen LogP contribution is 2.14. The number of piperidine rings is 1. The van der Waals surface area contributed by atoms with Crippen LogP contribution in [0, 0.1) is 0 Å². The second-order valence-corrected chi connectivity index (χ2v) is 4.35. The van der Waals surface area contributed by atoms with E-state index < -0.39 is 0 Å². The third kappa shape index (κ3) is 3.97. The Kier molecular flexibility index (Phi) is 6.20. The molecule has 1 N–H and O–H groups in total. The molecule has 0 aliphatic carbocycles. The minimum Gasteiger partial charge on any atom is -0.315 e. The molecule has 0 aromatic rings. The van der Waals surface area contributed by atoms with Crippen molar-refractivity contribution in [3.63, 3.8) is 0 Å². The molecular weight excluding hydrogens is 172 g/mol. The van der Waals surface area contributed by atoms with Gasteiger partial charge < -0.3 is 5.32 Å². The minimum absolute atomic E-state index is 0.792. The van der Waals surface area contributed by atoms with Gasteiger partial charge in [0.25, 0.3) is 0 Å². The topological polar surface area (TPSA) is 15.3 Å². The number of rotatable bonds is 6.